The minimum atomic E-state index is -3.43. The molecule has 0 spiro atoms. The molecule has 78 valence electrons. The average molecular weight is 220 g/mol. The summed E-state index contributed by atoms with van der Waals surface area (Å²) in [6.07, 6.45) is 1.25. The third kappa shape index (κ3) is 4.38. The first-order valence-electron chi connectivity index (χ1n) is 5.59. The van der Waals surface area contributed by atoms with Crippen LogP contribution in [0.1, 0.15) is 12.0 Å². The van der Waals surface area contributed by atoms with Crippen LogP contribution in [-0.2, 0) is 6.42 Å². The molecule has 0 aliphatic heterocycles. The summed E-state index contributed by atoms with van der Waals surface area (Å²) in [6.45, 7) is 0. The van der Waals surface area contributed by atoms with Gasteiger partial charge in [-0.25, -0.2) is 0 Å². The molecule has 0 fully saturated rings. The van der Waals surface area contributed by atoms with Crippen molar-refractivity contribution in [3.8, 4) is 5.75 Å². The maximum Gasteiger partial charge on any atom is 0.492 e. The molecule has 0 radical (unpaired) electrons. The van der Waals surface area contributed by atoms with Crippen molar-refractivity contribution in [2.75, 3.05) is 0 Å². The number of aromatic hydroxyl groups is 1. The van der Waals surface area contributed by atoms with Crippen molar-refractivity contribution in [2.45, 2.75) is 18.9 Å². The van der Waals surface area contributed by atoms with Gasteiger partial charge in [0.2, 0.25) is 0 Å². The maximum atomic E-state index is 9.10. The highest BCUT2D eigenvalue weighted by Crippen LogP contribution is 2.13. The topological polar surface area (TPSA) is 80.9 Å². The molecule has 0 unspecified atom stereocenters. The highest BCUT2D eigenvalue weighted by molar-refractivity contribution is 6.56. The van der Waals surface area contributed by atoms with Crippen molar-refractivity contribution in [1.82, 2.24) is 0 Å². The summed E-state index contributed by atoms with van der Waals surface area (Å²) < 4.78 is 20.3. The smallest absolute Gasteiger partial charge is 0.492 e. The van der Waals surface area contributed by atoms with Crippen molar-refractivity contribution in [2.24, 2.45) is 0 Å². The van der Waals surface area contributed by atoms with Crippen LogP contribution in [0.4, 0.5) is 0 Å². The van der Waals surface area contributed by atoms with Crippen LogP contribution in [0.5, 0.6) is 5.75 Å². The molecule has 1 rings (SSSR count). The quantitative estimate of drug-likeness (QED) is 0.496. The molecular formula is C9H14O4Si. The normalized spacial score (nSPS) is 14.4. The Kier molecular flexibility index (Phi) is 2.42. The first-order chi connectivity index (χ1) is 8.15. The highest BCUT2D eigenvalue weighted by Gasteiger charge is 2.25. The van der Waals surface area contributed by atoms with Gasteiger partial charge in [0.15, 0.2) is 4.29 Å². The second-order valence-corrected chi connectivity index (χ2v) is 5.07. The second kappa shape index (κ2) is 4.56. The molecule has 0 atom stereocenters. The van der Waals surface area contributed by atoms with Gasteiger partial charge in [-0.2, -0.15) is 0 Å². The van der Waals surface area contributed by atoms with E-state index in [9.17, 15) is 0 Å². The number of aryl methyl sites for hydroxylation is 1. The first kappa shape index (κ1) is 7.41. The standard InChI is InChI=1S/C9H14O4Si/c10-9-5-3-8(4-6-9)2-1-7-14(11,12)13/h3-6,10-13H,1-2,7H2/i11T,12T,13T. The molecule has 0 saturated heterocycles. The van der Waals surface area contributed by atoms with Crippen molar-refractivity contribution in [3.05, 3.63) is 29.8 Å². The highest BCUT2D eigenvalue weighted by atomic mass is 28.4. The van der Waals surface area contributed by atoms with Crippen LogP contribution < -0.4 is 0 Å². The molecule has 0 saturated carbocycles. The summed E-state index contributed by atoms with van der Waals surface area (Å²) in [6, 6.07) is 6.96. The van der Waals surface area contributed by atoms with Crippen LogP contribution in [0.25, 0.3) is 0 Å². The van der Waals surface area contributed by atoms with E-state index < -0.39 is 8.80 Å². The van der Waals surface area contributed by atoms with Gasteiger partial charge in [-0.3, -0.25) is 0 Å². The van der Waals surface area contributed by atoms with Crippen molar-refractivity contribution < 1.29 is 19.5 Å². The van der Waals surface area contributed by atoms with Crippen molar-refractivity contribution >= 4 is 8.80 Å². The molecule has 0 aliphatic carbocycles. The fourth-order valence-corrected chi connectivity index (χ4v) is 1.78. The molecule has 1 aromatic rings. The zero-order valence-corrected chi connectivity index (χ0v) is 8.60. The molecule has 14 heavy (non-hydrogen) atoms. The Balaban J connectivity index is 2.43. The maximum absolute atomic E-state index is 9.10. The molecule has 5 heteroatoms. The van der Waals surface area contributed by atoms with Gasteiger partial charge in [-0.1, -0.05) is 12.1 Å². The van der Waals surface area contributed by atoms with Crippen LogP contribution in [0, 0.1) is 0 Å². The fourth-order valence-electron chi connectivity index (χ4n) is 1.17. The molecule has 1 aromatic carbocycles. The number of hydrogen-bond donors (Lipinski definition) is 4. The lowest BCUT2D eigenvalue weighted by Crippen LogP contribution is -2.34. The van der Waals surface area contributed by atoms with E-state index in [1.54, 1.807) is 24.3 Å². The first-order valence-corrected chi connectivity index (χ1v) is 6.30. The minimum Gasteiger partial charge on any atom is -0.508 e. The van der Waals surface area contributed by atoms with Gasteiger partial charge in [0.25, 0.3) is 0 Å². The zero-order valence-electron chi connectivity index (χ0n) is 10.6. The molecule has 0 bridgehead atoms. The SMILES string of the molecule is [3H]O[Si](CCCc1ccc(O)cc1)(O[3H])O[3H]. The number of benzene rings is 1. The summed E-state index contributed by atoms with van der Waals surface area (Å²) in [5.41, 5.74) is 1.01. The lowest BCUT2D eigenvalue weighted by atomic mass is 10.1. The summed E-state index contributed by atoms with van der Waals surface area (Å²) in [7, 11) is -3.43. The lowest BCUT2D eigenvalue weighted by Gasteiger charge is -2.08. The summed E-state index contributed by atoms with van der Waals surface area (Å²) >= 11 is 0. The third-order valence-corrected chi connectivity index (χ3v) is 2.85. The fraction of sp³-hybridized carbons (Fsp3) is 0.333. The summed E-state index contributed by atoms with van der Waals surface area (Å²) in [4.78, 5) is 12.7. The van der Waals surface area contributed by atoms with Gasteiger partial charge in [-0.15, -0.1) is 0 Å². The van der Waals surface area contributed by atoms with Gasteiger partial charge in [0.05, 0.1) is 0 Å². The number of phenols is 1. The Morgan fingerprint density at radius 3 is 2.36 bits per heavy atom. The Morgan fingerprint density at radius 2 is 1.79 bits per heavy atom. The molecular weight excluding hydrogens is 200 g/mol. The molecule has 0 heterocycles. The predicted octanol–water partition coefficient (Wildman–Crippen LogP) is 0.241. The van der Waals surface area contributed by atoms with Crippen LogP contribution in [0.2, 0.25) is 6.04 Å². The Hall–Kier alpha value is -0.883. The van der Waals surface area contributed by atoms with E-state index in [4.69, 9.17) is 9.40 Å². The van der Waals surface area contributed by atoms with E-state index >= 15 is 0 Å². The summed E-state index contributed by atoms with van der Waals surface area (Å²) in [5.74, 6) is 0.205. The molecule has 4 nitrogen and oxygen atoms in total. The zero-order chi connectivity index (χ0) is 12.7. The Morgan fingerprint density at radius 1 is 1.14 bits per heavy atom. The lowest BCUT2D eigenvalue weighted by molar-refractivity contribution is 0.226. The summed E-state index contributed by atoms with van der Waals surface area (Å²) in [5, 5.41) is 9.10. The second-order valence-electron chi connectivity index (χ2n) is 3.20. The van der Waals surface area contributed by atoms with E-state index in [2.05, 4.69) is 14.4 Å². The van der Waals surface area contributed by atoms with Crippen LogP contribution in [0.15, 0.2) is 24.3 Å². The molecule has 0 aliphatic rings. The third-order valence-electron chi connectivity index (χ3n) is 1.88. The molecule has 4 N–H and O–H groups in total. The number of rotatable bonds is 7. The van der Waals surface area contributed by atoms with E-state index in [-0.39, 0.29) is 11.8 Å². The van der Waals surface area contributed by atoms with Crippen molar-refractivity contribution in [3.63, 3.8) is 0 Å². The van der Waals surface area contributed by atoms with E-state index in [1.807, 2.05) is 0 Å². The van der Waals surface area contributed by atoms with Crippen LogP contribution in [0.3, 0.4) is 0 Å². The van der Waals surface area contributed by atoms with E-state index in [0.29, 0.717) is 12.8 Å². The van der Waals surface area contributed by atoms with Gasteiger partial charge in [0, 0.05) is 6.04 Å². The average Bonchev–Trinajstić information content (AvgIpc) is 2.38. The monoisotopic (exact) mass is 220 g/mol. The predicted molar refractivity (Wildman–Crippen MR) is 53.6 cm³/mol. The van der Waals surface area contributed by atoms with E-state index in [1.165, 1.54) is 0 Å². The Labute approximate surface area is 87.9 Å². The van der Waals surface area contributed by atoms with E-state index in [0.717, 1.165) is 5.56 Å². The van der Waals surface area contributed by atoms with Gasteiger partial charge < -0.3 is 19.5 Å². The van der Waals surface area contributed by atoms with Gasteiger partial charge >= 0.3 is 8.80 Å². The molecule has 0 amide bonds. The largest absolute Gasteiger partial charge is 0.508 e. The minimum absolute atomic E-state index is 0.205. The van der Waals surface area contributed by atoms with Crippen molar-refractivity contribution in [1.29, 1.82) is 4.29 Å². The van der Waals surface area contributed by atoms with Gasteiger partial charge in [-0.05, 0) is 30.5 Å². The number of hydrogen-bond acceptors (Lipinski definition) is 4. The van der Waals surface area contributed by atoms with Gasteiger partial charge in [0.1, 0.15) is 5.75 Å². The van der Waals surface area contributed by atoms with Crippen LogP contribution in [-0.4, -0.2) is 32.6 Å². The molecule has 0 aromatic heterocycles. The Bertz CT molecular complexity index is 323. The van der Waals surface area contributed by atoms with Crippen LogP contribution >= 0.6 is 0 Å². The number of phenolic OH excluding ortho intramolecular Hbond substituents is 1.